The van der Waals surface area contributed by atoms with Crippen LogP contribution in [0, 0.1) is 0 Å². The molecule has 3 aromatic rings. The van der Waals surface area contributed by atoms with Crippen molar-refractivity contribution in [2.75, 3.05) is 11.4 Å². The van der Waals surface area contributed by atoms with E-state index in [-0.39, 0.29) is 6.04 Å². The number of alkyl halides is 2. The quantitative estimate of drug-likeness (QED) is 0.657. The second-order valence-electron chi connectivity index (χ2n) is 7.74. The van der Waals surface area contributed by atoms with Gasteiger partial charge in [0.2, 0.25) is 5.95 Å². The van der Waals surface area contributed by atoms with E-state index in [2.05, 4.69) is 15.0 Å². The van der Waals surface area contributed by atoms with Crippen molar-refractivity contribution in [3.8, 4) is 0 Å². The Hall–Kier alpha value is -2.90. The normalized spacial score (nSPS) is 19.4. The van der Waals surface area contributed by atoms with Gasteiger partial charge >= 0.3 is 0 Å². The maximum atomic E-state index is 13.3. The van der Waals surface area contributed by atoms with Crippen LogP contribution in [0.15, 0.2) is 41.5 Å². The number of hydrogen-bond donors (Lipinski definition) is 0. The molecule has 1 saturated carbocycles. The third-order valence-electron chi connectivity index (χ3n) is 5.73. The topological polar surface area (TPSA) is 63.9 Å². The highest BCUT2D eigenvalue weighted by Crippen LogP contribution is 2.40. The third-order valence-corrected chi connectivity index (χ3v) is 5.73. The number of rotatable bonds is 5. The van der Waals surface area contributed by atoms with Crippen LogP contribution in [0.1, 0.15) is 49.0 Å². The first-order valence-corrected chi connectivity index (χ1v) is 9.98. The molecular weight excluding hydrogens is 376 g/mol. The zero-order valence-corrected chi connectivity index (χ0v) is 15.8. The molecule has 29 heavy (non-hydrogen) atoms. The van der Waals surface area contributed by atoms with Crippen molar-refractivity contribution in [2.24, 2.45) is 0 Å². The molecule has 1 saturated heterocycles. The molecule has 0 N–H and O–H groups in total. The van der Waals surface area contributed by atoms with Crippen molar-refractivity contribution in [2.45, 2.75) is 50.6 Å². The molecule has 1 aliphatic carbocycles. The first kappa shape index (κ1) is 18.1. The molecular formula is C21H21F2N5O. The van der Waals surface area contributed by atoms with Gasteiger partial charge in [0.25, 0.3) is 12.0 Å². The summed E-state index contributed by atoms with van der Waals surface area (Å²) in [5.41, 5.74) is 1.24. The molecule has 0 amide bonds. The minimum absolute atomic E-state index is 0.308. The molecule has 3 heterocycles. The van der Waals surface area contributed by atoms with Gasteiger partial charge in [-0.2, -0.15) is 0 Å². The molecule has 2 fully saturated rings. The Morgan fingerprint density at radius 2 is 1.86 bits per heavy atom. The van der Waals surface area contributed by atoms with Crippen LogP contribution in [0.5, 0.6) is 0 Å². The largest absolute Gasteiger partial charge is 0.331 e. The molecule has 5 rings (SSSR count). The summed E-state index contributed by atoms with van der Waals surface area (Å²) in [6.07, 6.45) is 4.99. The van der Waals surface area contributed by atoms with Gasteiger partial charge in [-0.3, -0.25) is 9.36 Å². The van der Waals surface area contributed by atoms with Gasteiger partial charge in [0.15, 0.2) is 0 Å². The minimum Gasteiger partial charge on any atom is -0.331 e. The van der Waals surface area contributed by atoms with E-state index in [1.54, 1.807) is 24.3 Å². The van der Waals surface area contributed by atoms with E-state index in [0.29, 0.717) is 41.6 Å². The van der Waals surface area contributed by atoms with Crippen molar-refractivity contribution < 1.29 is 8.78 Å². The Morgan fingerprint density at radius 3 is 2.59 bits per heavy atom. The van der Waals surface area contributed by atoms with E-state index in [4.69, 9.17) is 0 Å². The van der Waals surface area contributed by atoms with Crippen molar-refractivity contribution in [1.82, 2.24) is 19.5 Å². The molecule has 0 bridgehead atoms. The highest BCUT2D eigenvalue weighted by molar-refractivity contribution is 5.77. The average molecular weight is 397 g/mol. The predicted octanol–water partition coefficient (Wildman–Crippen LogP) is 3.67. The number of fused-ring (bicyclic) bond motifs is 1. The molecule has 150 valence electrons. The smallest absolute Gasteiger partial charge is 0.261 e. The van der Waals surface area contributed by atoms with E-state index in [0.717, 1.165) is 16.6 Å². The SMILES string of the molecule is O=c1c2ccccc2nc(C2CCCN2c2ncc(C3CC3)cn2)n1CC(F)F. The number of para-hydroxylation sites is 1. The Labute approximate surface area is 166 Å². The summed E-state index contributed by atoms with van der Waals surface area (Å²) >= 11 is 0. The first-order valence-electron chi connectivity index (χ1n) is 9.98. The van der Waals surface area contributed by atoms with Gasteiger partial charge in [0.05, 0.1) is 23.5 Å². The molecule has 1 unspecified atom stereocenters. The zero-order valence-electron chi connectivity index (χ0n) is 15.8. The number of nitrogens with zero attached hydrogens (tertiary/aromatic N) is 5. The summed E-state index contributed by atoms with van der Waals surface area (Å²) in [6, 6.07) is 6.57. The second-order valence-corrected chi connectivity index (χ2v) is 7.74. The summed E-state index contributed by atoms with van der Waals surface area (Å²) in [6.45, 7) is 0.0304. The van der Waals surface area contributed by atoms with Gasteiger partial charge in [0.1, 0.15) is 5.82 Å². The summed E-state index contributed by atoms with van der Waals surface area (Å²) in [5.74, 6) is 1.49. The third kappa shape index (κ3) is 3.36. The van der Waals surface area contributed by atoms with Crippen LogP contribution in [-0.2, 0) is 6.54 Å². The maximum absolute atomic E-state index is 13.3. The fourth-order valence-corrected chi connectivity index (χ4v) is 4.14. The number of anilines is 1. The van der Waals surface area contributed by atoms with Crippen LogP contribution in [0.25, 0.3) is 10.9 Å². The molecule has 1 atom stereocenters. The van der Waals surface area contributed by atoms with Crippen LogP contribution in [0.3, 0.4) is 0 Å². The lowest BCUT2D eigenvalue weighted by atomic mass is 10.1. The Bertz CT molecular complexity index is 1090. The fraction of sp³-hybridized carbons (Fsp3) is 0.429. The minimum atomic E-state index is -2.64. The molecule has 0 spiro atoms. The Balaban J connectivity index is 1.58. The van der Waals surface area contributed by atoms with Crippen LogP contribution < -0.4 is 10.5 Å². The zero-order chi connectivity index (χ0) is 20.0. The van der Waals surface area contributed by atoms with Crippen LogP contribution in [-0.4, -0.2) is 32.5 Å². The van der Waals surface area contributed by atoms with Crippen molar-refractivity contribution in [1.29, 1.82) is 0 Å². The molecule has 2 aliphatic rings. The van der Waals surface area contributed by atoms with Gasteiger partial charge in [-0.1, -0.05) is 12.1 Å². The molecule has 8 heteroatoms. The maximum Gasteiger partial charge on any atom is 0.261 e. The van der Waals surface area contributed by atoms with Gasteiger partial charge in [0, 0.05) is 18.9 Å². The molecule has 2 aromatic heterocycles. The highest BCUT2D eigenvalue weighted by Gasteiger charge is 2.33. The molecule has 1 aliphatic heterocycles. The predicted molar refractivity (Wildman–Crippen MR) is 105 cm³/mol. The molecule has 6 nitrogen and oxygen atoms in total. The molecule has 1 aromatic carbocycles. The van der Waals surface area contributed by atoms with Crippen LogP contribution in [0.2, 0.25) is 0 Å². The van der Waals surface area contributed by atoms with E-state index < -0.39 is 18.5 Å². The lowest BCUT2D eigenvalue weighted by Crippen LogP contribution is -2.34. The lowest BCUT2D eigenvalue weighted by molar-refractivity contribution is 0.123. The number of benzene rings is 1. The Morgan fingerprint density at radius 1 is 1.10 bits per heavy atom. The first-order chi connectivity index (χ1) is 14.1. The van der Waals surface area contributed by atoms with Crippen LogP contribution >= 0.6 is 0 Å². The monoisotopic (exact) mass is 397 g/mol. The number of aromatic nitrogens is 4. The second kappa shape index (κ2) is 7.17. The summed E-state index contributed by atoms with van der Waals surface area (Å²) in [5, 5.41) is 0.353. The highest BCUT2D eigenvalue weighted by atomic mass is 19.3. The van der Waals surface area contributed by atoms with Crippen molar-refractivity contribution in [3.05, 3.63) is 58.4 Å². The van der Waals surface area contributed by atoms with E-state index in [1.807, 2.05) is 17.3 Å². The van der Waals surface area contributed by atoms with Gasteiger partial charge in [-0.15, -0.1) is 0 Å². The van der Waals surface area contributed by atoms with Gasteiger partial charge in [-0.05, 0) is 49.3 Å². The summed E-state index contributed by atoms with van der Waals surface area (Å²) in [4.78, 5) is 28.6. The standard InChI is InChI=1S/C21H21F2N5O/c22-18(23)12-28-19(26-16-5-2-1-4-15(16)20(28)29)17-6-3-9-27(17)21-24-10-14(11-25-21)13-7-8-13/h1-2,4-5,10-11,13,17-18H,3,6-9,12H2. The van der Waals surface area contributed by atoms with E-state index in [1.165, 1.54) is 12.8 Å². The van der Waals surface area contributed by atoms with E-state index >= 15 is 0 Å². The lowest BCUT2D eigenvalue weighted by Gasteiger charge is -2.26. The van der Waals surface area contributed by atoms with Gasteiger partial charge < -0.3 is 4.90 Å². The average Bonchev–Trinajstić information content (AvgIpc) is 3.47. The number of hydrogen-bond acceptors (Lipinski definition) is 5. The summed E-state index contributed by atoms with van der Waals surface area (Å²) in [7, 11) is 0. The van der Waals surface area contributed by atoms with Crippen molar-refractivity contribution >= 4 is 16.9 Å². The fourth-order valence-electron chi connectivity index (χ4n) is 4.14. The van der Waals surface area contributed by atoms with E-state index in [9.17, 15) is 13.6 Å². The van der Waals surface area contributed by atoms with Gasteiger partial charge in [-0.25, -0.2) is 23.7 Å². The van der Waals surface area contributed by atoms with Crippen molar-refractivity contribution in [3.63, 3.8) is 0 Å². The number of halogens is 2. The van der Waals surface area contributed by atoms with Crippen LogP contribution in [0.4, 0.5) is 14.7 Å². The summed E-state index contributed by atoms with van der Waals surface area (Å²) < 4.78 is 27.7. The molecule has 0 radical (unpaired) electrons. The Kier molecular flexibility index (Phi) is 4.49.